The van der Waals surface area contributed by atoms with Gasteiger partial charge in [-0.3, -0.25) is 0 Å². The molecule has 0 saturated heterocycles. The van der Waals surface area contributed by atoms with Crippen molar-refractivity contribution >= 4 is 54.4 Å². The molecule has 0 unspecified atom stereocenters. The maximum Gasteiger partial charge on any atom is 0.0619 e. The molecule has 0 atom stereocenters. The van der Waals surface area contributed by atoms with Crippen LogP contribution in [0.25, 0.3) is 88.0 Å². The fourth-order valence-electron chi connectivity index (χ4n) is 7.75. The van der Waals surface area contributed by atoms with Crippen LogP contribution in [-0.2, 0) is 0 Å². The Bertz CT molecular complexity index is 2790. The van der Waals surface area contributed by atoms with Gasteiger partial charge in [-0.2, -0.15) is 0 Å². The molecule has 2 nitrogen and oxygen atoms in total. The van der Waals surface area contributed by atoms with E-state index in [0.29, 0.717) is 0 Å². The molecule has 0 N–H and O–H groups in total. The lowest BCUT2D eigenvalue weighted by Gasteiger charge is -2.13. The van der Waals surface area contributed by atoms with E-state index < -0.39 is 0 Å². The van der Waals surface area contributed by atoms with Gasteiger partial charge in [0.15, 0.2) is 0 Å². The highest BCUT2D eigenvalue weighted by Crippen LogP contribution is 2.44. The molecule has 0 amide bonds. The van der Waals surface area contributed by atoms with E-state index in [1.165, 1.54) is 76.6 Å². The van der Waals surface area contributed by atoms with Crippen LogP contribution in [-0.4, -0.2) is 9.13 Å². The van der Waals surface area contributed by atoms with E-state index >= 15 is 0 Å². The van der Waals surface area contributed by atoms with Crippen molar-refractivity contribution in [3.05, 3.63) is 182 Å². The molecule has 2 heterocycles. The Hall–Kier alpha value is -6.38. The first kappa shape index (κ1) is 26.8. The first-order valence-corrected chi connectivity index (χ1v) is 16.5. The van der Waals surface area contributed by atoms with Gasteiger partial charge in [-0.25, -0.2) is 0 Å². The number of benzene rings is 8. The molecule has 0 aliphatic heterocycles. The second kappa shape index (κ2) is 10.6. The van der Waals surface area contributed by atoms with Crippen molar-refractivity contribution in [3.8, 4) is 33.6 Å². The Morgan fingerprint density at radius 3 is 1.67 bits per heavy atom. The van der Waals surface area contributed by atoms with Gasteiger partial charge < -0.3 is 9.13 Å². The number of fused-ring (bicyclic) bond motifs is 8. The third kappa shape index (κ3) is 4.00. The van der Waals surface area contributed by atoms with Crippen molar-refractivity contribution in [3.63, 3.8) is 0 Å². The summed E-state index contributed by atoms with van der Waals surface area (Å²) in [5, 5.41) is 7.55. The smallest absolute Gasteiger partial charge is 0.0619 e. The largest absolute Gasteiger partial charge is 0.309 e. The molecule has 0 fully saturated rings. The first-order chi connectivity index (χ1) is 23.8. The molecule has 0 spiro atoms. The highest BCUT2D eigenvalue weighted by Gasteiger charge is 2.21. The third-order valence-electron chi connectivity index (χ3n) is 9.89. The van der Waals surface area contributed by atoms with Crippen LogP contribution in [0.4, 0.5) is 0 Å². The Morgan fingerprint density at radius 1 is 0.312 bits per heavy atom. The molecular formula is C46H30N2. The van der Waals surface area contributed by atoms with Gasteiger partial charge in [0, 0.05) is 38.5 Å². The van der Waals surface area contributed by atoms with E-state index in [4.69, 9.17) is 0 Å². The number of hydrogen-bond donors (Lipinski definition) is 0. The van der Waals surface area contributed by atoms with E-state index in [2.05, 4.69) is 191 Å². The lowest BCUT2D eigenvalue weighted by molar-refractivity contribution is 1.17. The van der Waals surface area contributed by atoms with Crippen molar-refractivity contribution in [2.24, 2.45) is 0 Å². The zero-order chi connectivity index (χ0) is 31.6. The van der Waals surface area contributed by atoms with Gasteiger partial charge in [0.25, 0.3) is 0 Å². The molecule has 0 aliphatic rings. The predicted molar refractivity (Wildman–Crippen MR) is 203 cm³/mol. The van der Waals surface area contributed by atoms with Crippen LogP contribution in [0.5, 0.6) is 0 Å². The molecule has 0 radical (unpaired) electrons. The Kier molecular flexibility index (Phi) is 5.91. The van der Waals surface area contributed by atoms with Crippen molar-refractivity contribution in [1.29, 1.82) is 0 Å². The maximum absolute atomic E-state index is 2.48. The van der Waals surface area contributed by atoms with Crippen molar-refractivity contribution in [1.82, 2.24) is 9.13 Å². The SMILES string of the molecule is c1ccc(-c2ccc(-n3c4cc5c6c7ccccc7ccc6n(-c6ccccc6)c5cc4c4cccc(-c5ccccc5)c43)cc2)cc1. The average molecular weight is 611 g/mol. The summed E-state index contributed by atoms with van der Waals surface area (Å²) in [4.78, 5) is 0. The van der Waals surface area contributed by atoms with Crippen LogP contribution in [0.3, 0.4) is 0 Å². The van der Waals surface area contributed by atoms with Crippen molar-refractivity contribution in [2.75, 3.05) is 0 Å². The average Bonchev–Trinajstić information content (AvgIpc) is 3.67. The normalized spacial score (nSPS) is 11.8. The standard InChI is InChI=1S/C46H30N2/c1-4-13-31(14-5-1)32-23-26-36(27-24-32)48-43-30-41-44(29-40(43)39-22-12-21-38(46(39)48)33-15-6-2-7-16-33)47(35-18-8-3-9-19-35)42-28-25-34-17-10-11-20-37(34)45(41)42/h1-30H. The summed E-state index contributed by atoms with van der Waals surface area (Å²) in [7, 11) is 0. The van der Waals surface area contributed by atoms with Gasteiger partial charge in [0.1, 0.15) is 0 Å². The molecule has 0 bridgehead atoms. The van der Waals surface area contributed by atoms with Crippen LogP contribution in [0.15, 0.2) is 182 Å². The fourth-order valence-corrected chi connectivity index (χ4v) is 7.75. The molecule has 0 saturated carbocycles. The summed E-state index contributed by atoms with van der Waals surface area (Å²) in [6.07, 6.45) is 0. The van der Waals surface area contributed by atoms with E-state index in [1.807, 2.05) is 0 Å². The Labute approximate surface area is 278 Å². The maximum atomic E-state index is 2.48. The summed E-state index contributed by atoms with van der Waals surface area (Å²) >= 11 is 0. The highest BCUT2D eigenvalue weighted by molar-refractivity contribution is 6.25. The molecular weight excluding hydrogens is 581 g/mol. The fraction of sp³-hybridized carbons (Fsp3) is 0. The number of rotatable bonds is 4. The molecule has 10 aromatic rings. The molecule has 10 rings (SSSR count). The summed E-state index contributed by atoms with van der Waals surface area (Å²) in [5.74, 6) is 0. The second-order valence-electron chi connectivity index (χ2n) is 12.6. The molecule has 224 valence electrons. The molecule has 2 aromatic heterocycles. The van der Waals surface area contributed by atoms with Gasteiger partial charge in [0.2, 0.25) is 0 Å². The van der Waals surface area contributed by atoms with Crippen LogP contribution >= 0.6 is 0 Å². The number of aromatic nitrogens is 2. The van der Waals surface area contributed by atoms with E-state index in [-0.39, 0.29) is 0 Å². The van der Waals surface area contributed by atoms with Crippen molar-refractivity contribution < 1.29 is 0 Å². The second-order valence-corrected chi connectivity index (χ2v) is 12.6. The third-order valence-corrected chi connectivity index (χ3v) is 9.89. The van der Waals surface area contributed by atoms with Gasteiger partial charge >= 0.3 is 0 Å². The van der Waals surface area contributed by atoms with Gasteiger partial charge in [0.05, 0.1) is 22.1 Å². The minimum absolute atomic E-state index is 1.15. The minimum Gasteiger partial charge on any atom is -0.309 e. The van der Waals surface area contributed by atoms with Gasteiger partial charge in [-0.05, 0) is 69.9 Å². The molecule has 48 heavy (non-hydrogen) atoms. The van der Waals surface area contributed by atoms with Crippen LogP contribution in [0.2, 0.25) is 0 Å². The Balaban J connectivity index is 1.36. The van der Waals surface area contributed by atoms with Crippen LogP contribution in [0.1, 0.15) is 0 Å². The van der Waals surface area contributed by atoms with Crippen molar-refractivity contribution in [2.45, 2.75) is 0 Å². The zero-order valence-electron chi connectivity index (χ0n) is 26.2. The molecule has 8 aromatic carbocycles. The zero-order valence-corrected chi connectivity index (χ0v) is 26.2. The number of para-hydroxylation sites is 2. The molecule has 0 aliphatic carbocycles. The Morgan fingerprint density at radius 2 is 0.896 bits per heavy atom. The minimum atomic E-state index is 1.15. The summed E-state index contributed by atoms with van der Waals surface area (Å²) < 4.78 is 4.92. The predicted octanol–water partition coefficient (Wildman–Crippen LogP) is 12.4. The summed E-state index contributed by atoms with van der Waals surface area (Å²) in [6, 6.07) is 66.2. The first-order valence-electron chi connectivity index (χ1n) is 16.5. The summed E-state index contributed by atoms with van der Waals surface area (Å²) in [6.45, 7) is 0. The van der Waals surface area contributed by atoms with E-state index in [9.17, 15) is 0 Å². The highest BCUT2D eigenvalue weighted by atomic mass is 15.0. The number of nitrogens with zero attached hydrogens (tertiary/aromatic N) is 2. The lowest BCUT2D eigenvalue weighted by Crippen LogP contribution is -1.96. The van der Waals surface area contributed by atoms with Crippen LogP contribution in [0, 0.1) is 0 Å². The lowest BCUT2D eigenvalue weighted by atomic mass is 10.0. The van der Waals surface area contributed by atoms with Gasteiger partial charge in [-0.1, -0.05) is 140 Å². The topological polar surface area (TPSA) is 9.86 Å². The van der Waals surface area contributed by atoms with Crippen LogP contribution < -0.4 is 0 Å². The number of hydrogen-bond acceptors (Lipinski definition) is 0. The van der Waals surface area contributed by atoms with E-state index in [0.717, 1.165) is 11.4 Å². The molecule has 2 heteroatoms. The van der Waals surface area contributed by atoms with E-state index in [1.54, 1.807) is 0 Å². The summed E-state index contributed by atoms with van der Waals surface area (Å²) in [5.41, 5.74) is 12.0. The monoisotopic (exact) mass is 610 g/mol. The van der Waals surface area contributed by atoms with Gasteiger partial charge in [-0.15, -0.1) is 0 Å². The quantitative estimate of drug-likeness (QED) is 0.188.